The van der Waals surface area contributed by atoms with Gasteiger partial charge in [-0.2, -0.15) is 5.10 Å². The Morgan fingerprint density at radius 3 is 3.00 bits per heavy atom. The largest absolute Gasteiger partial charge is 0.394 e. The summed E-state index contributed by atoms with van der Waals surface area (Å²) in [5.41, 5.74) is 2.29. The van der Waals surface area contributed by atoms with E-state index in [2.05, 4.69) is 25.3 Å². The summed E-state index contributed by atoms with van der Waals surface area (Å²) in [6.07, 6.45) is 5.54. The summed E-state index contributed by atoms with van der Waals surface area (Å²) < 4.78 is 1.86. The summed E-state index contributed by atoms with van der Waals surface area (Å²) in [6.45, 7) is 3.83. The monoisotopic (exact) mass is 302 g/mol. The molecule has 1 saturated heterocycles. The third-order valence-electron chi connectivity index (χ3n) is 4.33. The van der Waals surface area contributed by atoms with E-state index in [1.807, 2.05) is 30.9 Å². The Labute approximate surface area is 130 Å². The van der Waals surface area contributed by atoms with Crippen molar-refractivity contribution in [3.05, 3.63) is 29.8 Å². The molecule has 0 amide bonds. The average molecular weight is 302 g/mol. The number of hydrogen-bond donors (Lipinski definition) is 2. The topological polar surface area (TPSA) is 79.1 Å². The van der Waals surface area contributed by atoms with Crippen LogP contribution in [0.3, 0.4) is 0 Å². The number of aliphatic hydroxyl groups is 1. The van der Waals surface area contributed by atoms with Crippen LogP contribution in [0.2, 0.25) is 0 Å². The molecule has 3 heterocycles. The number of aliphatic hydroxyl groups excluding tert-OH is 1. The lowest BCUT2D eigenvalue weighted by atomic mass is 10.2. The van der Waals surface area contributed by atoms with Crippen molar-refractivity contribution >= 4 is 11.6 Å². The number of hydrogen-bond acceptors (Lipinski definition) is 6. The third kappa shape index (κ3) is 2.89. The van der Waals surface area contributed by atoms with Crippen molar-refractivity contribution in [1.82, 2.24) is 19.7 Å². The predicted molar refractivity (Wildman–Crippen MR) is 84.8 cm³/mol. The molecule has 1 atom stereocenters. The highest BCUT2D eigenvalue weighted by atomic mass is 16.3. The molecule has 1 aliphatic rings. The molecule has 3 rings (SSSR count). The second-order valence-electron chi connectivity index (χ2n) is 5.67. The molecule has 2 aromatic heterocycles. The van der Waals surface area contributed by atoms with Crippen LogP contribution in [-0.4, -0.2) is 44.0 Å². The Morgan fingerprint density at radius 1 is 1.41 bits per heavy atom. The molecule has 1 aliphatic heterocycles. The Bertz CT molecular complexity index is 641. The second-order valence-corrected chi connectivity index (χ2v) is 5.67. The molecule has 0 spiro atoms. The van der Waals surface area contributed by atoms with Crippen LogP contribution in [0.4, 0.5) is 11.6 Å². The molecule has 0 aliphatic carbocycles. The Kier molecular flexibility index (Phi) is 4.24. The molecule has 7 heteroatoms. The number of nitrogens with zero attached hydrogens (tertiary/aromatic N) is 5. The smallest absolute Gasteiger partial charge is 0.134 e. The highest BCUT2D eigenvalue weighted by Crippen LogP contribution is 2.24. The predicted octanol–water partition coefficient (Wildman–Crippen LogP) is 1.09. The first-order chi connectivity index (χ1) is 10.7. The lowest BCUT2D eigenvalue weighted by Gasteiger charge is -2.24. The van der Waals surface area contributed by atoms with Crippen molar-refractivity contribution in [2.75, 3.05) is 23.4 Å². The van der Waals surface area contributed by atoms with E-state index in [0.717, 1.165) is 42.3 Å². The molecule has 0 radical (unpaired) electrons. The third-order valence-corrected chi connectivity index (χ3v) is 4.33. The van der Waals surface area contributed by atoms with Gasteiger partial charge < -0.3 is 15.3 Å². The first-order valence-electron chi connectivity index (χ1n) is 7.60. The van der Waals surface area contributed by atoms with Crippen molar-refractivity contribution in [1.29, 1.82) is 0 Å². The van der Waals surface area contributed by atoms with E-state index in [9.17, 15) is 5.11 Å². The van der Waals surface area contributed by atoms with Crippen molar-refractivity contribution in [2.45, 2.75) is 32.4 Å². The van der Waals surface area contributed by atoms with Gasteiger partial charge in [-0.1, -0.05) is 0 Å². The van der Waals surface area contributed by atoms with E-state index in [-0.39, 0.29) is 12.6 Å². The van der Waals surface area contributed by atoms with Crippen LogP contribution in [0, 0.1) is 6.92 Å². The molecule has 0 aromatic carbocycles. The van der Waals surface area contributed by atoms with E-state index in [1.54, 1.807) is 6.33 Å². The van der Waals surface area contributed by atoms with Gasteiger partial charge in [-0.05, 0) is 19.8 Å². The maximum absolute atomic E-state index is 9.44. The van der Waals surface area contributed by atoms with Gasteiger partial charge in [0.05, 0.1) is 18.8 Å². The molecule has 118 valence electrons. The van der Waals surface area contributed by atoms with Gasteiger partial charge in [-0.3, -0.25) is 4.68 Å². The summed E-state index contributed by atoms with van der Waals surface area (Å²) in [6, 6.07) is 2.11. The lowest BCUT2D eigenvalue weighted by Crippen LogP contribution is -2.32. The Balaban J connectivity index is 1.70. The van der Waals surface area contributed by atoms with Gasteiger partial charge in [0.1, 0.15) is 18.0 Å². The molecule has 7 nitrogen and oxygen atoms in total. The van der Waals surface area contributed by atoms with Crippen LogP contribution >= 0.6 is 0 Å². The maximum Gasteiger partial charge on any atom is 0.134 e. The number of aryl methyl sites for hydroxylation is 1. The molecule has 0 saturated carbocycles. The molecular formula is C15H22N6O. The average Bonchev–Trinajstić information content (AvgIpc) is 3.14. The minimum Gasteiger partial charge on any atom is -0.394 e. The summed E-state index contributed by atoms with van der Waals surface area (Å²) in [7, 11) is 1.93. The van der Waals surface area contributed by atoms with Crippen LogP contribution < -0.4 is 10.2 Å². The minimum absolute atomic E-state index is 0.168. The fourth-order valence-electron chi connectivity index (χ4n) is 2.83. The van der Waals surface area contributed by atoms with Crippen LogP contribution in [0.25, 0.3) is 0 Å². The molecule has 1 fully saturated rings. The standard InChI is InChI=1S/C15H22N6O/c1-11-12(8-19-20(11)2)7-16-14-6-15(18-10-17-14)21-5-3-4-13(21)9-22/h6,8,10,13,22H,3-5,7,9H2,1-2H3,(H,16,17,18). The van der Waals surface area contributed by atoms with Crippen LogP contribution in [0.15, 0.2) is 18.6 Å². The number of aromatic nitrogens is 4. The second kappa shape index (κ2) is 6.31. The zero-order chi connectivity index (χ0) is 15.5. The fourth-order valence-corrected chi connectivity index (χ4v) is 2.83. The van der Waals surface area contributed by atoms with Gasteiger partial charge in [0.2, 0.25) is 0 Å². The van der Waals surface area contributed by atoms with Crippen molar-refractivity contribution in [3.8, 4) is 0 Å². The highest BCUT2D eigenvalue weighted by molar-refractivity contribution is 5.50. The van der Waals surface area contributed by atoms with E-state index >= 15 is 0 Å². The quantitative estimate of drug-likeness (QED) is 0.861. The van der Waals surface area contributed by atoms with E-state index in [4.69, 9.17) is 0 Å². The van der Waals surface area contributed by atoms with Gasteiger partial charge in [0.25, 0.3) is 0 Å². The maximum atomic E-state index is 9.44. The minimum atomic E-state index is 0.168. The first-order valence-corrected chi connectivity index (χ1v) is 7.60. The van der Waals surface area contributed by atoms with Crippen molar-refractivity contribution in [2.24, 2.45) is 7.05 Å². The summed E-state index contributed by atoms with van der Waals surface area (Å²) in [5.74, 6) is 1.66. The summed E-state index contributed by atoms with van der Waals surface area (Å²) in [5, 5.41) is 17.0. The van der Waals surface area contributed by atoms with Crippen molar-refractivity contribution < 1.29 is 5.11 Å². The Morgan fingerprint density at radius 2 is 2.27 bits per heavy atom. The van der Waals surface area contributed by atoms with Gasteiger partial charge in [0.15, 0.2) is 0 Å². The van der Waals surface area contributed by atoms with Crippen LogP contribution in [0.1, 0.15) is 24.1 Å². The normalized spacial score (nSPS) is 18.0. The van der Waals surface area contributed by atoms with Gasteiger partial charge >= 0.3 is 0 Å². The van der Waals surface area contributed by atoms with Crippen LogP contribution in [-0.2, 0) is 13.6 Å². The first kappa shape index (κ1) is 14.8. The van der Waals surface area contributed by atoms with Gasteiger partial charge in [-0.15, -0.1) is 0 Å². The lowest BCUT2D eigenvalue weighted by molar-refractivity contribution is 0.266. The molecule has 2 N–H and O–H groups in total. The fraction of sp³-hybridized carbons (Fsp3) is 0.533. The van der Waals surface area contributed by atoms with Gasteiger partial charge in [-0.25, -0.2) is 9.97 Å². The van der Waals surface area contributed by atoms with Gasteiger partial charge in [0, 0.05) is 37.5 Å². The zero-order valence-electron chi connectivity index (χ0n) is 13.0. The Hall–Kier alpha value is -2.15. The summed E-state index contributed by atoms with van der Waals surface area (Å²) in [4.78, 5) is 10.8. The number of rotatable bonds is 5. The highest BCUT2D eigenvalue weighted by Gasteiger charge is 2.25. The zero-order valence-corrected chi connectivity index (χ0v) is 13.0. The number of anilines is 2. The molecule has 1 unspecified atom stereocenters. The van der Waals surface area contributed by atoms with E-state index in [1.165, 1.54) is 0 Å². The van der Waals surface area contributed by atoms with Crippen molar-refractivity contribution in [3.63, 3.8) is 0 Å². The van der Waals surface area contributed by atoms with E-state index in [0.29, 0.717) is 6.54 Å². The SMILES string of the molecule is Cc1c(CNc2cc(N3CCCC3CO)ncn2)cnn1C. The van der Waals surface area contributed by atoms with Crippen LogP contribution in [0.5, 0.6) is 0 Å². The van der Waals surface area contributed by atoms with E-state index < -0.39 is 0 Å². The molecule has 22 heavy (non-hydrogen) atoms. The molecule has 2 aromatic rings. The summed E-state index contributed by atoms with van der Waals surface area (Å²) >= 11 is 0. The molecular weight excluding hydrogens is 280 g/mol. The number of nitrogens with one attached hydrogen (secondary N) is 1. The molecule has 0 bridgehead atoms.